The van der Waals surface area contributed by atoms with E-state index in [4.69, 9.17) is 42.5 Å². The van der Waals surface area contributed by atoms with Crippen LogP contribution in [0.15, 0.2) is 51.9 Å². The number of aryl methyl sites for hydroxylation is 1. The number of nitrogens with two attached hydrogens (primary N) is 1. The van der Waals surface area contributed by atoms with Crippen molar-refractivity contribution in [3.8, 4) is 34.4 Å². The molecule has 3 heterocycles. The molecule has 0 saturated carbocycles. The molecule has 0 aliphatic carbocycles. The van der Waals surface area contributed by atoms with Crippen LogP contribution in [0.5, 0.6) is 5.75 Å². The number of nitrogen functional groups attached to an aromatic ring is 1. The van der Waals surface area contributed by atoms with E-state index in [1.807, 2.05) is 13.8 Å². The maximum absolute atomic E-state index is 14.0. The fourth-order valence-electron chi connectivity index (χ4n) is 4.38. The third-order valence-electron chi connectivity index (χ3n) is 6.44. The summed E-state index contributed by atoms with van der Waals surface area (Å²) in [7, 11) is 0. The van der Waals surface area contributed by atoms with Crippen molar-refractivity contribution < 1.29 is 23.0 Å². The molecular formula is C30H25ClFN5O4S. The van der Waals surface area contributed by atoms with Crippen LogP contribution < -0.4 is 10.5 Å². The highest BCUT2D eigenvalue weighted by Gasteiger charge is 2.33. The van der Waals surface area contributed by atoms with Crippen LogP contribution in [-0.2, 0) is 15.2 Å². The van der Waals surface area contributed by atoms with E-state index in [1.165, 1.54) is 23.9 Å². The van der Waals surface area contributed by atoms with Gasteiger partial charge in [0.2, 0.25) is 11.6 Å². The van der Waals surface area contributed by atoms with E-state index in [2.05, 4.69) is 20.9 Å². The Bertz CT molecular complexity index is 1730. The Kier molecular flexibility index (Phi) is 8.39. The minimum atomic E-state index is -0.635. The number of nitriles is 1. The minimum Gasteiger partial charge on any atom is -0.491 e. The first-order valence-corrected chi connectivity index (χ1v) is 14.2. The summed E-state index contributed by atoms with van der Waals surface area (Å²) in [6, 6.07) is 13.6. The molecule has 2 aromatic carbocycles. The van der Waals surface area contributed by atoms with Crippen LogP contribution in [0.1, 0.15) is 30.9 Å². The van der Waals surface area contributed by atoms with Crippen LogP contribution in [0.3, 0.4) is 0 Å². The average molecular weight is 606 g/mol. The largest absolute Gasteiger partial charge is 0.491 e. The second-order valence-electron chi connectivity index (χ2n) is 9.85. The van der Waals surface area contributed by atoms with E-state index in [1.54, 1.807) is 37.3 Å². The molecule has 1 saturated heterocycles. The van der Waals surface area contributed by atoms with Gasteiger partial charge in [-0.15, -0.1) is 0 Å². The van der Waals surface area contributed by atoms with Crippen LogP contribution in [-0.4, -0.2) is 35.1 Å². The van der Waals surface area contributed by atoms with Crippen molar-refractivity contribution in [1.29, 1.82) is 5.26 Å². The van der Waals surface area contributed by atoms with Gasteiger partial charge in [-0.1, -0.05) is 35.5 Å². The molecule has 214 valence electrons. The summed E-state index contributed by atoms with van der Waals surface area (Å²) in [5.41, 5.74) is 8.54. The quantitative estimate of drug-likeness (QED) is 0.162. The smallest absolute Gasteiger partial charge is 0.236 e. The predicted molar refractivity (Wildman–Crippen MR) is 157 cm³/mol. The number of pyridine rings is 1. The van der Waals surface area contributed by atoms with Gasteiger partial charge < -0.3 is 24.4 Å². The molecule has 1 aliphatic heterocycles. The van der Waals surface area contributed by atoms with Crippen LogP contribution in [0, 0.1) is 30.6 Å². The normalized spacial score (nSPS) is 15.7. The van der Waals surface area contributed by atoms with Crippen LogP contribution >= 0.6 is 23.4 Å². The molecular weight excluding hydrogens is 581 g/mol. The van der Waals surface area contributed by atoms with E-state index in [-0.39, 0.29) is 34.1 Å². The highest BCUT2D eigenvalue weighted by molar-refractivity contribution is 7.98. The van der Waals surface area contributed by atoms with Gasteiger partial charge in [0.05, 0.1) is 29.5 Å². The molecule has 1 fully saturated rings. The Morgan fingerprint density at radius 3 is 2.62 bits per heavy atom. The number of aromatic nitrogens is 2. The summed E-state index contributed by atoms with van der Waals surface area (Å²) >= 11 is 7.03. The molecule has 1 aliphatic rings. The molecule has 2 N–H and O–H groups in total. The molecule has 0 unspecified atom stereocenters. The summed E-state index contributed by atoms with van der Waals surface area (Å²) in [5.74, 6) is 0.470. The summed E-state index contributed by atoms with van der Waals surface area (Å²) in [6.45, 7) is 13.9. The van der Waals surface area contributed by atoms with Gasteiger partial charge in [-0.2, -0.15) is 5.26 Å². The van der Waals surface area contributed by atoms with Crippen molar-refractivity contribution in [2.24, 2.45) is 0 Å². The van der Waals surface area contributed by atoms with Crippen LogP contribution in [0.2, 0.25) is 5.02 Å². The number of anilines is 1. The fraction of sp³-hybridized carbons (Fsp3) is 0.267. The number of hydrogen-bond acceptors (Lipinski definition) is 9. The number of rotatable bonds is 8. The van der Waals surface area contributed by atoms with Crippen molar-refractivity contribution in [3.05, 3.63) is 81.7 Å². The summed E-state index contributed by atoms with van der Waals surface area (Å²) in [4.78, 5) is 12.4. The maximum atomic E-state index is 14.0. The summed E-state index contributed by atoms with van der Waals surface area (Å²) in [6.07, 6.45) is -0.185. The van der Waals surface area contributed by atoms with Gasteiger partial charge in [0, 0.05) is 16.9 Å². The third kappa shape index (κ3) is 6.20. The highest BCUT2D eigenvalue weighted by Crippen LogP contribution is 2.42. The topological polar surface area (TPSA) is 121 Å². The molecule has 4 aromatic rings. The average Bonchev–Trinajstić information content (AvgIpc) is 3.52. The second-order valence-corrected chi connectivity index (χ2v) is 11.2. The molecule has 9 nitrogen and oxygen atoms in total. The second kappa shape index (κ2) is 12.0. The lowest BCUT2D eigenvalue weighted by Gasteiger charge is -2.17. The zero-order valence-electron chi connectivity index (χ0n) is 22.9. The van der Waals surface area contributed by atoms with Crippen LogP contribution in [0.4, 0.5) is 15.9 Å². The Balaban J connectivity index is 1.38. The number of nitrogens with zero attached hydrogens (tertiary/aromatic N) is 4. The number of ether oxygens (including phenoxy) is 3. The first kappa shape index (κ1) is 29.4. The summed E-state index contributed by atoms with van der Waals surface area (Å²) < 4.78 is 36.9. The Hall–Kier alpha value is -4.13. The molecule has 2 aromatic heterocycles. The SMILES string of the molecule is [C-]#[N+]c1c(N)nc(SCc2nc(-c3ccc(Cl)c(F)c3)oc2C)c(C#N)c1-c1ccc(OC[C@@H]2COC(C)(C)O2)cc1. The Morgan fingerprint density at radius 2 is 1.98 bits per heavy atom. The van der Waals surface area contributed by atoms with E-state index in [9.17, 15) is 9.65 Å². The van der Waals surface area contributed by atoms with E-state index in [0.717, 1.165) is 0 Å². The van der Waals surface area contributed by atoms with Crippen molar-refractivity contribution in [2.45, 2.75) is 43.4 Å². The minimum absolute atomic E-state index is 0.00392. The third-order valence-corrected chi connectivity index (χ3v) is 7.73. The summed E-state index contributed by atoms with van der Waals surface area (Å²) in [5, 5.41) is 10.5. The van der Waals surface area contributed by atoms with Crippen molar-refractivity contribution in [2.75, 3.05) is 18.9 Å². The van der Waals surface area contributed by atoms with Crippen molar-refractivity contribution in [3.63, 3.8) is 0 Å². The molecule has 5 rings (SSSR count). The number of halogens is 2. The van der Waals surface area contributed by atoms with E-state index in [0.29, 0.717) is 57.9 Å². The Morgan fingerprint density at radius 1 is 1.24 bits per heavy atom. The van der Waals surface area contributed by atoms with E-state index >= 15 is 0 Å². The molecule has 1 atom stereocenters. The Labute approximate surface area is 251 Å². The van der Waals surface area contributed by atoms with Gasteiger partial charge in [-0.05, 0) is 56.7 Å². The van der Waals surface area contributed by atoms with Gasteiger partial charge in [0.1, 0.15) is 47.0 Å². The molecule has 42 heavy (non-hydrogen) atoms. The number of oxazole rings is 1. The molecule has 0 amide bonds. The van der Waals surface area contributed by atoms with Gasteiger partial charge in [-0.25, -0.2) is 19.2 Å². The van der Waals surface area contributed by atoms with Crippen LogP contribution in [0.25, 0.3) is 27.4 Å². The van der Waals surface area contributed by atoms with Gasteiger partial charge in [0.25, 0.3) is 0 Å². The maximum Gasteiger partial charge on any atom is 0.236 e. The zero-order valence-corrected chi connectivity index (χ0v) is 24.5. The first-order valence-electron chi connectivity index (χ1n) is 12.8. The van der Waals surface area contributed by atoms with Crippen molar-refractivity contribution >= 4 is 34.9 Å². The lowest BCUT2D eigenvalue weighted by atomic mass is 10.00. The monoisotopic (exact) mass is 605 g/mol. The van der Waals surface area contributed by atoms with Crippen molar-refractivity contribution in [1.82, 2.24) is 9.97 Å². The molecule has 0 bridgehead atoms. The van der Waals surface area contributed by atoms with Gasteiger partial charge in [-0.3, -0.25) is 0 Å². The van der Waals surface area contributed by atoms with Gasteiger partial charge in [0.15, 0.2) is 5.79 Å². The standard InChI is InChI=1S/C30H25ClFN5O4S/c1-16-24(36-28(40-16)18-7-10-22(31)23(32)11-18)15-42-29-21(12-33)25(26(35-4)27(34)37-29)17-5-8-19(9-6-17)38-13-20-14-39-30(2,3)41-20/h5-11,20H,13-15H2,1-3H3,(H2,34,37)/t20-/m1/s1. The number of hydrogen-bond donors (Lipinski definition) is 1. The molecule has 12 heteroatoms. The number of thioether (sulfide) groups is 1. The lowest BCUT2D eigenvalue weighted by molar-refractivity contribution is -0.141. The molecule has 0 spiro atoms. The fourth-order valence-corrected chi connectivity index (χ4v) is 5.49. The van der Waals surface area contributed by atoms with E-state index < -0.39 is 11.6 Å². The number of benzene rings is 2. The highest BCUT2D eigenvalue weighted by atomic mass is 35.5. The predicted octanol–water partition coefficient (Wildman–Crippen LogP) is 7.33. The zero-order chi connectivity index (χ0) is 30.0. The lowest BCUT2D eigenvalue weighted by Crippen LogP contribution is -2.25. The molecule has 0 radical (unpaired) electrons. The van der Waals surface area contributed by atoms with Gasteiger partial charge >= 0.3 is 0 Å². The first-order chi connectivity index (χ1) is 20.1.